The Bertz CT molecular complexity index is 361. The summed E-state index contributed by atoms with van der Waals surface area (Å²) in [6.07, 6.45) is 0.436. The van der Waals surface area contributed by atoms with Crippen LogP contribution in [0.1, 0.15) is 17.9 Å². The maximum Gasteiger partial charge on any atom is 0.131 e. The Labute approximate surface area is 104 Å². The van der Waals surface area contributed by atoms with E-state index in [1.54, 1.807) is 7.05 Å². The highest BCUT2D eigenvalue weighted by Crippen LogP contribution is 2.27. The Kier molecular flexibility index (Phi) is 5.25. The van der Waals surface area contributed by atoms with Gasteiger partial charge in [0.15, 0.2) is 0 Å². The highest BCUT2D eigenvalue weighted by Gasteiger charge is 2.19. The zero-order valence-corrected chi connectivity index (χ0v) is 10.3. The quantitative estimate of drug-likeness (QED) is 0.818. The van der Waals surface area contributed by atoms with E-state index in [9.17, 15) is 8.78 Å². The maximum absolute atomic E-state index is 13.6. The van der Waals surface area contributed by atoms with Gasteiger partial charge in [-0.2, -0.15) is 0 Å². The molecule has 0 saturated carbocycles. The van der Waals surface area contributed by atoms with Crippen molar-refractivity contribution in [3.63, 3.8) is 0 Å². The standard InChI is InChI=1S/C11H12ClF2NS/c1-15-6-7(2-3-16)11-9(13)4-8(12)5-10(11)14/h3-5,7,15H,2,6H2,1H3. The fourth-order valence-corrected chi connectivity index (χ4v) is 2.03. The molecule has 5 heteroatoms. The van der Waals surface area contributed by atoms with Gasteiger partial charge in [-0.15, -0.1) is 0 Å². The molecule has 1 N–H and O–H groups in total. The molecule has 1 atom stereocenters. The van der Waals surface area contributed by atoms with Crippen molar-refractivity contribution in [2.24, 2.45) is 0 Å². The van der Waals surface area contributed by atoms with Crippen molar-refractivity contribution in [1.29, 1.82) is 0 Å². The SMILES string of the molecule is CNCC(CC=S)c1c(F)cc(Cl)cc1F. The van der Waals surface area contributed by atoms with Crippen LogP contribution in [0.15, 0.2) is 12.1 Å². The van der Waals surface area contributed by atoms with Crippen LogP contribution < -0.4 is 5.32 Å². The number of hydrogen-bond acceptors (Lipinski definition) is 2. The molecule has 1 unspecified atom stereocenters. The molecule has 0 amide bonds. The van der Waals surface area contributed by atoms with Crippen LogP contribution in [0.2, 0.25) is 5.02 Å². The Morgan fingerprint density at radius 3 is 2.44 bits per heavy atom. The lowest BCUT2D eigenvalue weighted by Gasteiger charge is -2.16. The summed E-state index contributed by atoms with van der Waals surface area (Å²) in [7, 11) is 1.72. The summed E-state index contributed by atoms with van der Waals surface area (Å²) in [5.41, 5.74) is 0.0415. The van der Waals surface area contributed by atoms with Crippen LogP contribution in [0.25, 0.3) is 0 Å². The first-order valence-electron chi connectivity index (χ1n) is 4.82. The van der Waals surface area contributed by atoms with E-state index >= 15 is 0 Å². The van der Waals surface area contributed by atoms with Crippen molar-refractivity contribution in [1.82, 2.24) is 5.32 Å². The van der Waals surface area contributed by atoms with Gasteiger partial charge < -0.3 is 5.32 Å². The van der Waals surface area contributed by atoms with Crippen LogP contribution in [-0.2, 0) is 0 Å². The van der Waals surface area contributed by atoms with Crippen LogP contribution in [0.4, 0.5) is 8.78 Å². The second kappa shape index (κ2) is 6.23. The van der Waals surface area contributed by atoms with Crippen molar-refractivity contribution in [2.45, 2.75) is 12.3 Å². The minimum atomic E-state index is -0.623. The molecule has 0 radical (unpaired) electrons. The zero-order valence-electron chi connectivity index (χ0n) is 8.77. The number of halogens is 3. The van der Waals surface area contributed by atoms with Crippen LogP contribution >= 0.6 is 23.8 Å². The minimum Gasteiger partial charge on any atom is -0.319 e. The number of hydrogen-bond donors (Lipinski definition) is 1. The highest BCUT2D eigenvalue weighted by atomic mass is 35.5. The van der Waals surface area contributed by atoms with Crippen molar-refractivity contribution < 1.29 is 8.78 Å². The maximum atomic E-state index is 13.6. The molecular formula is C11H12ClF2NS. The van der Waals surface area contributed by atoms with Gasteiger partial charge in [-0.25, -0.2) is 8.78 Å². The lowest BCUT2D eigenvalue weighted by atomic mass is 9.95. The molecular weight excluding hydrogens is 252 g/mol. The van der Waals surface area contributed by atoms with Crippen molar-refractivity contribution in [3.05, 3.63) is 34.4 Å². The number of thiocarbonyl (C=S) groups is 1. The average molecular weight is 264 g/mol. The molecule has 0 spiro atoms. The smallest absolute Gasteiger partial charge is 0.131 e. The number of nitrogens with one attached hydrogen (secondary N) is 1. The molecule has 0 fully saturated rings. The predicted molar refractivity (Wildman–Crippen MR) is 66.3 cm³/mol. The molecule has 16 heavy (non-hydrogen) atoms. The lowest BCUT2D eigenvalue weighted by Crippen LogP contribution is -2.19. The normalized spacial score (nSPS) is 12.5. The van der Waals surface area contributed by atoms with Crippen molar-refractivity contribution >= 4 is 29.2 Å². The van der Waals surface area contributed by atoms with E-state index in [-0.39, 0.29) is 16.5 Å². The number of rotatable bonds is 5. The van der Waals surface area contributed by atoms with Gasteiger partial charge in [0.2, 0.25) is 0 Å². The highest BCUT2D eigenvalue weighted by molar-refractivity contribution is 7.78. The zero-order chi connectivity index (χ0) is 12.1. The van der Waals surface area contributed by atoms with Gasteiger partial charge in [0.05, 0.1) is 0 Å². The molecule has 88 valence electrons. The van der Waals surface area contributed by atoms with Gasteiger partial charge in [0.25, 0.3) is 0 Å². The molecule has 1 rings (SSSR count). The molecule has 0 saturated heterocycles. The molecule has 0 aliphatic rings. The summed E-state index contributed by atoms with van der Waals surface area (Å²) >= 11 is 10.3. The van der Waals surface area contributed by atoms with E-state index in [4.69, 9.17) is 23.8 Å². The van der Waals surface area contributed by atoms with E-state index < -0.39 is 11.6 Å². The lowest BCUT2D eigenvalue weighted by molar-refractivity contribution is 0.517. The summed E-state index contributed by atoms with van der Waals surface area (Å²) < 4.78 is 27.2. The van der Waals surface area contributed by atoms with Crippen LogP contribution in [0.5, 0.6) is 0 Å². The Balaban J connectivity index is 3.12. The third-order valence-corrected chi connectivity index (χ3v) is 2.69. The van der Waals surface area contributed by atoms with Gasteiger partial charge in [0.1, 0.15) is 11.6 Å². The van der Waals surface area contributed by atoms with Crippen molar-refractivity contribution in [3.8, 4) is 0 Å². The predicted octanol–water partition coefficient (Wildman–Crippen LogP) is 3.31. The van der Waals surface area contributed by atoms with Crippen LogP contribution in [-0.4, -0.2) is 19.0 Å². The summed E-state index contributed by atoms with van der Waals surface area (Å²) in [6, 6.07) is 2.23. The number of likely N-dealkylation sites (N-methyl/N-ethyl adjacent to an activating group) is 1. The molecule has 1 nitrogen and oxygen atoms in total. The topological polar surface area (TPSA) is 12.0 Å². The Morgan fingerprint density at radius 2 is 2.00 bits per heavy atom. The molecule has 0 aliphatic carbocycles. The third kappa shape index (κ3) is 3.20. The second-order valence-corrected chi connectivity index (χ2v) is 4.21. The molecule has 0 aromatic heterocycles. The summed E-state index contributed by atoms with van der Waals surface area (Å²) in [5.74, 6) is -1.55. The van der Waals surface area contributed by atoms with E-state index in [0.29, 0.717) is 13.0 Å². The van der Waals surface area contributed by atoms with Crippen LogP contribution in [0, 0.1) is 11.6 Å². The van der Waals surface area contributed by atoms with E-state index in [0.717, 1.165) is 12.1 Å². The monoisotopic (exact) mass is 263 g/mol. The van der Waals surface area contributed by atoms with E-state index in [2.05, 4.69) is 5.32 Å². The third-order valence-electron chi connectivity index (χ3n) is 2.28. The van der Waals surface area contributed by atoms with Gasteiger partial charge in [0, 0.05) is 23.0 Å². The molecule has 1 aromatic carbocycles. The van der Waals surface area contributed by atoms with Crippen LogP contribution in [0.3, 0.4) is 0 Å². The summed E-state index contributed by atoms with van der Waals surface area (Å²) in [6.45, 7) is 0.461. The van der Waals surface area contributed by atoms with E-state index in [1.165, 1.54) is 5.37 Å². The first-order chi connectivity index (χ1) is 7.60. The minimum absolute atomic E-state index is 0.0415. The molecule has 1 aromatic rings. The Morgan fingerprint density at radius 1 is 1.44 bits per heavy atom. The molecule has 0 bridgehead atoms. The van der Waals surface area contributed by atoms with Crippen molar-refractivity contribution in [2.75, 3.05) is 13.6 Å². The largest absolute Gasteiger partial charge is 0.319 e. The average Bonchev–Trinajstić information content (AvgIpc) is 2.16. The van der Waals surface area contributed by atoms with Gasteiger partial charge in [-0.3, -0.25) is 0 Å². The van der Waals surface area contributed by atoms with Gasteiger partial charge in [-0.05, 0) is 31.0 Å². The van der Waals surface area contributed by atoms with E-state index in [1.807, 2.05) is 0 Å². The van der Waals surface area contributed by atoms with Gasteiger partial charge >= 0.3 is 0 Å². The first kappa shape index (κ1) is 13.5. The fraction of sp³-hybridized carbons (Fsp3) is 0.364. The summed E-state index contributed by atoms with van der Waals surface area (Å²) in [5, 5.41) is 4.43. The fourth-order valence-electron chi connectivity index (χ4n) is 1.61. The molecule has 0 aliphatic heterocycles. The second-order valence-electron chi connectivity index (χ2n) is 3.44. The molecule has 0 heterocycles. The van der Waals surface area contributed by atoms with Gasteiger partial charge in [-0.1, -0.05) is 23.8 Å². The summed E-state index contributed by atoms with van der Waals surface area (Å²) in [4.78, 5) is 0. The number of benzene rings is 1. The Hall–Kier alpha value is -0.580. The first-order valence-corrected chi connectivity index (χ1v) is 5.67.